The Morgan fingerprint density at radius 2 is 2.00 bits per heavy atom. The molecular formula is C13H22N2O5. The van der Waals surface area contributed by atoms with E-state index in [9.17, 15) is 14.4 Å². The van der Waals surface area contributed by atoms with Gasteiger partial charge in [-0.3, -0.25) is 14.9 Å². The van der Waals surface area contributed by atoms with Crippen LogP contribution in [0.2, 0.25) is 0 Å². The molecule has 3 N–H and O–H groups in total. The average molecular weight is 286 g/mol. The van der Waals surface area contributed by atoms with Gasteiger partial charge in [0.25, 0.3) is 0 Å². The van der Waals surface area contributed by atoms with Gasteiger partial charge in [-0.1, -0.05) is 6.92 Å². The molecule has 3 amide bonds. The van der Waals surface area contributed by atoms with E-state index in [1.165, 1.54) is 0 Å². The summed E-state index contributed by atoms with van der Waals surface area (Å²) in [6.45, 7) is 1.66. The third kappa shape index (κ3) is 5.56. The molecule has 0 radical (unpaired) electrons. The number of ether oxygens (including phenoxy) is 1. The minimum Gasteiger partial charge on any atom is -0.481 e. The molecule has 114 valence electrons. The van der Waals surface area contributed by atoms with Gasteiger partial charge in [0.1, 0.15) is 0 Å². The summed E-state index contributed by atoms with van der Waals surface area (Å²) in [6.07, 6.45) is 2.61. The summed E-state index contributed by atoms with van der Waals surface area (Å²) in [5.41, 5.74) is 0. The molecule has 7 nitrogen and oxygen atoms in total. The molecule has 0 heterocycles. The van der Waals surface area contributed by atoms with Crippen LogP contribution in [-0.4, -0.2) is 42.3 Å². The van der Waals surface area contributed by atoms with Crippen molar-refractivity contribution in [1.29, 1.82) is 0 Å². The molecule has 0 aromatic rings. The van der Waals surface area contributed by atoms with E-state index in [-0.39, 0.29) is 30.9 Å². The number of carbonyl (C=O) groups is 3. The molecule has 1 fully saturated rings. The number of aliphatic carboxylic acids is 1. The van der Waals surface area contributed by atoms with Crippen molar-refractivity contribution in [3.05, 3.63) is 0 Å². The van der Waals surface area contributed by atoms with E-state index in [2.05, 4.69) is 10.6 Å². The fourth-order valence-corrected chi connectivity index (χ4v) is 2.44. The second-order valence-electron chi connectivity index (χ2n) is 5.24. The van der Waals surface area contributed by atoms with Crippen molar-refractivity contribution in [1.82, 2.24) is 10.6 Å². The number of hydrogen-bond acceptors (Lipinski definition) is 4. The molecule has 0 aromatic heterocycles. The molecule has 20 heavy (non-hydrogen) atoms. The Kier molecular flexibility index (Phi) is 6.44. The van der Waals surface area contributed by atoms with Crippen LogP contribution < -0.4 is 10.6 Å². The number of nitrogens with one attached hydrogen (secondary N) is 2. The third-order valence-corrected chi connectivity index (χ3v) is 3.38. The molecule has 0 aromatic carbocycles. The molecule has 3 unspecified atom stereocenters. The van der Waals surface area contributed by atoms with Crippen molar-refractivity contribution in [2.45, 2.75) is 51.2 Å². The van der Waals surface area contributed by atoms with E-state index in [4.69, 9.17) is 9.84 Å². The second-order valence-corrected chi connectivity index (χ2v) is 5.24. The van der Waals surface area contributed by atoms with Crippen LogP contribution in [0, 0.1) is 5.92 Å². The number of methoxy groups -OCH3 is 1. The minimum absolute atomic E-state index is 0.0120. The normalized spacial score (nSPS) is 23.1. The minimum atomic E-state index is -0.955. The lowest BCUT2D eigenvalue weighted by atomic mass is 10.0. The largest absolute Gasteiger partial charge is 0.481 e. The summed E-state index contributed by atoms with van der Waals surface area (Å²) >= 11 is 0. The highest BCUT2D eigenvalue weighted by Gasteiger charge is 2.28. The van der Waals surface area contributed by atoms with E-state index in [1.807, 2.05) is 0 Å². The smallest absolute Gasteiger partial charge is 0.321 e. The average Bonchev–Trinajstić information content (AvgIpc) is 2.74. The monoisotopic (exact) mass is 286 g/mol. The molecule has 7 heteroatoms. The highest BCUT2D eigenvalue weighted by Crippen LogP contribution is 2.21. The van der Waals surface area contributed by atoms with Gasteiger partial charge < -0.3 is 15.2 Å². The number of urea groups is 1. The summed E-state index contributed by atoms with van der Waals surface area (Å²) in [6, 6.07) is -0.629. The van der Waals surface area contributed by atoms with Crippen LogP contribution in [0.5, 0.6) is 0 Å². The zero-order valence-electron chi connectivity index (χ0n) is 11.8. The van der Waals surface area contributed by atoms with Gasteiger partial charge in [0.2, 0.25) is 5.91 Å². The van der Waals surface area contributed by atoms with Crippen LogP contribution in [0.1, 0.15) is 39.0 Å². The van der Waals surface area contributed by atoms with Gasteiger partial charge in [0.05, 0.1) is 12.1 Å². The Balaban J connectivity index is 2.31. The highest BCUT2D eigenvalue weighted by molar-refractivity contribution is 5.94. The summed E-state index contributed by atoms with van der Waals surface area (Å²) < 4.78 is 5.25. The summed E-state index contributed by atoms with van der Waals surface area (Å²) in [4.78, 5) is 33.7. The predicted octanol–water partition coefficient (Wildman–Crippen LogP) is 0.881. The first kappa shape index (κ1) is 16.4. The fraction of sp³-hybridized carbons (Fsp3) is 0.769. The molecule has 0 spiro atoms. The highest BCUT2D eigenvalue weighted by atomic mass is 16.5. The van der Waals surface area contributed by atoms with Gasteiger partial charge >= 0.3 is 12.0 Å². The van der Waals surface area contributed by atoms with E-state index in [0.717, 1.165) is 19.3 Å². The Labute approximate surface area is 118 Å². The van der Waals surface area contributed by atoms with Gasteiger partial charge in [0.15, 0.2) is 0 Å². The Morgan fingerprint density at radius 1 is 1.30 bits per heavy atom. The number of rotatable bonds is 6. The predicted molar refractivity (Wildman–Crippen MR) is 71.1 cm³/mol. The standard InChI is InChI=1S/C13H22N2O5/c1-8(7-12(17)18)6-11(16)15-13(19)14-9-4-3-5-10(9)20-2/h8-10H,3-7H2,1-2H3,(H,17,18)(H2,14,15,16,19). The molecule has 0 saturated heterocycles. The zero-order valence-corrected chi connectivity index (χ0v) is 11.8. The van der Waals surface area contributed by atoms with Crippen LogP contribution in [-0.2, 0) is 14.3 Å². The fourth-order valence-electron chi connectivity index (χ4n) is 2.44. The molecule has 1 rings (SSSR count). The number of carbonyl (C=O) groups excluding carboxylic acids is 2. The zero-order chi connectivity index (χ0) is 15.1. The lowest BCUT2D eigenvalue weighted by Gasteiger charge is -2.19. The van der Waals surface area contributed by atoms with E-state index in [0.29, 0.717) is 0 Å². The van der Waals surface area contributed by atoms with Crippen LogP contribution in [0.4, 0.5) is 4.79 Å². The lowest BCUT2D eigenvalue weighted by Crippen LogP contribution is -2.47. The van der Waals surface area contributed by atoms with Crippen molar-refractivity contribution in [2.24, 2.45) is 5.92 Å². The quantitative estimate of drug-likeness (QED) is 0.672. The van der Waals surface area contributed by atoms with Crippen LogP contribution in [0.25, 0.3) is 0 Å². The van der Waals surface area contributed by atoms with Crippen molar-refractivity contribution in [3.63, 3.8) is 0 Å². The SMILES string of the molecule is COC1CCCC1NC(=O)NC(=O)CC(C)CC(=O)O. The lowest BCUT2D eigenvalue weighted by molar-refractivity contribution is -0.138. The maximum atomic E-state index is 11.7. The topological polar surface area (TPSA) is 105 Å². The Bertz CT molecular complexity index is 372. The van der Waals surface area contributed by atoms with Crippen LogP contribution in [0.3, 0.4) is 0 Å². The van der Waals surface area contributed by atoms with Crippen LogP contribution >= 0.6 is 0 Å². The summed E-state index contributed by atoms with van der Waals surface area (Å²) in [5, 5.41) is 13.5. The van der Waals surface area contributed by atoms with Crippen molar-refractivity contribution >= 4 is 17.9 Å². The number of carboxylic acid groups (broad SMARTS) is 1. The molecular weight excluding hydrogens is 264 g/mol. The molecule has 3 atom stereocenters. The van der Waals surface area contributed by atoms with E-state index >= 15 is 0 Å². The number of imide groups is 1. The van der Waals surface area contributed by atoms with Crippen molar-refractivity contribution < 1.29 is 24.2 Å². The van der Waals surface area contributed by atoms with E-state index in [1.54, 1.807) is 14.0 Å². The Hall–Kier alpha value is -1.63. The first-order valence-corrected chi connectivity index (χ1v) is 6.77. The first-order valence-electron chi connectivity index (χ1n) is 6.77. The van der Waals surface area contributed by atoms with Gasteiger partial charge in [-0.25, -0.2) is 4.79 Å². The molecule has 1 aliphatic rings. The summed E-state index contributed by atoms with van der Waals surface area (Å²) in [7, 11) is 1.60. The van der Waals surface area contributed by atoms with Crippen molar-refractivity contribution in [2.75, 3.05) is 7.11 Å². The van der Waals surface area contributed by atoms with Gasteiger partial charge in [-0.05, 0) is 25.2 Å². The van der Waals surface area contributed by atoms with Gasteiger partial charge in [-0.2, -0.15) is 0 Å². The second kappa shape index (κ2) is 7.84. The molecule has 0 aliphatic heterocycles. The van der Waals surface area contributed by atoms with Crippen LogP contribution in [0.15, 0.2) is 0 Å². The number of hydrogen-bond donors (Lipinski definition) is 3. The first-order chi connectivity index (χ1) is 9.42. The summed E-state index contributed by atoms with van der Waals surface area (Å²) in [5.74, 6) is -1.73. The van der Waals surface area contributed by atoms with Gasteiger partial charge in [-0.15, -0.1) is 0 Å². The van der Waals surface area contributed by atoms with Gasteiger partial charge in [0, 0.05) is 20.0 Å². The van der Waals surface area contributed by atoms with Crippen molar-refractivity contribution in [3.8, 4) is 0 Å². The number of carboxylic acids is 1. The molecule has 1 saturated carbocycles. The number of amides is 3. The molecule has 0 bridgehead atoms. The third-order valence-electron chi connectivity index (χ3n) is 3.38. The van der Waals surface area contributed by atoms with E-state index < -0.39 is 17.9 Å². The Morgan fingerprint density at radius 3 is 2.60 bits per heavy atom. The molecule has 1 aliphatic carbocycles. The maximum Gasteiger partial charge on any atom is 0.321 e. The maximum absolute atomic E-state index is 11.7.